The molecule has 11 heteroatoms. The van der Waals surface area contributed by atoms with E-state index in [0.29, 0.717) is 112 Å². The van der Waals surface area contributed by atoms with Crippen LogP contribution in [0.3, 0.4) is 0 Å². The summed E-state index contributed by atoms with van der Waals surface area (Å²) in [6.07, 6.45) is 6.58. The van der Waals surface area contributed by atoms with Crippen molar-refractivity contribution >= 4 is 66.3 Å². The van der Waals surface area contributed by atoms with E-state index in [1.807, 2.05) is 13.0 Å². The SMILES string of the molecule is COc1c(O)c2c(=O)cc(OC)c3c4c(OC)cc(=O)c5c(NC6CCC(O)CC6)c(NC6CCC(O)CC6)c6c(c(c1C(C(C)=O)C(C)=C6)c23)c54. The number of benzene rings is 5. The number of methoxy groups -OCH3 is 3. The number of anilines is 2. The Morgan fingerprint density at radius 3 is 1.67 bits per heavy atom. The largest absolute Gasteiger partial charge is 0.504 e. The van der Waals surface area contributed by atoms with Gasteiger partial charge in [0.2, 0.25) is 0 Å². The summed E-state index contributed by atoms with van der Waals surface area (Å²) < 4.78 is 17.7. The van der Waals surface area contributed by atoms with E-state index in [1.54, 1.807) is 0 Å². The molecular weight excluding hydrogens is 664 g/mol. The fraction of sp³-hybridized carbons (Fsp3) is 0.439. The molecule has 272 valence electrons. The normalized spacial score (nSPS) is 23.3. The van der Waals surface area contributed by atoms with Crippen molar-refractivity contribution in [2.24, 2.45) is 0 Å². The van der Waals surface area contributed by atoms with Gasteiger partial charge in [0.15, 0.2) is 22.4 Å². The summed E-state index contributed by atoms with van der Waals surface area (Å²) >= 11 is 0. The number of aliphatic hydroxyl groups excluding tert-OH is 2. The third kappa shape index (κ3) is 4.96. The molecule has 3 aliphatic carbocycles. The number of Topliss-reactive ketones (excluding diaryl/α,β-unsaturated/α-hetero) is 1. The van der Waals surface area contributed by atoms with Crippen LogP contribution in [0, 0.1) is 0 Å². The number of fused-ring (bicyclic) bond motifs is 1. The number of phenolic OH excluding ortho intramolecular Hbond substituents is 1. The average Bonchev–Trinajstić information content (AvgIpc) is 3.25. The molecule has 0 radical (unpaired) electrons. The molecule has 8 rings (SSSR count). The molecule has 11 nitrogen and oxygen atoms in total. The molecule has 5 aromatic rings. The van der Waals surface area contributed by atoms with E-state index in [4.69, 9.17) is 14.2 Å². The van der Waals surface area contributed by atoms with Gasteiger partial charge in [-0.2, -0.15) is 0 Å². The van der Waals surface area contributed by atoms with Crippen molar-refractivity contribution in [3.05, 3.63) is 49.3 Å². The second-order valence-electron chi connectivity index (χ2n) is 14.8. The van der Waals surface area contributed by atoms with Crippen molar-refractivity contribution in [1.29, 1.82) is 0 Å². The Hall–Kier alpha value is -4.87. The molecule has 2 saturated carbocycles. The lowest BCUT2D eigenvalue weighted by Crippen LogP contribution is -2.31. The molecule has 5 N–H and O–H groups in total. The fourth-order valence-corrected chi connectivity index (χ4v) is 9.43. The number of aliphatic hydroxyl groups is 2. The summed E-state index contributed by atoms with van der Waals surface area (Å²) in [6.45, 7) is 3.38. The van der Waals surface area contributed by atoms with Crippen molar-refractivity contribution in [3.63, 3.8) is 0 Å². The van der Waals surface area contributed by atoms with Gasteiger partial charge in [-0.1, -0.05) is 11.6 Å². The molecule has 0 bridgehead atoms. The number of nitrogens with one attached hydrogen (secondary N) is 2. The maximum atomic E-state index is 14.6. The van der Waals surface area contributed by atoms with Gasteiger partial charge < -0.3 is 40.2 Å². The Labute approximate surface area is 299 Å². The highest BCUT2D eigenvalue weighted by atomic mass is 16.5. The predicted molar refractivity (Wildman–Crippen MR) is 204 cm³/mol. The van der Waals surface area contributed by atoms with Crippen molar-refractivity contribution < 1.29 is 34.3 Å². The minimum Gasteiger partial charge on any atom is -0.504 e. The summed E-state index contributed by atoms with van der Waals surface area (Å²) in [5, 5.41) is 43.8. The van der Waals surface area contributed by atoms with E-state index in [2.05, 4.69) is 10.6 Å². The molecular formula is C41H44N2O9. The average molecular weight is 709 g/mol. The number of allylic oxidation sites excluding steroid dienone is 1. The second-order valence-corrected chi connectivity index (χ2v) is 14.8. The zero-order valence-corrected chi connectivity index (χ0v) is 30.1. The third-order valence-corrected chi connectivity index (χ3v) is 11.8. The van der Waals surface area contributed by atoms with Gasteiger partial charge in [-0.15, -0.1) is 0 Å². The smallest absolute Gasteiger partial charge is 0.194 e. The first-order valence-electron chi connectivity index (χ1n) is 18.1. The molecule has 0 amide bonds. The maximum absolute atomic E-state index is 14.6. The molecule has 1 unspecified atom stereocenters. The van der Waals surface area contributed by atoms with E-state index >= 15 is 0 Å². The van der Waals surface area contributed by atoms with Gasteiger partial charge in [0, 0.05) is 62.3 Å². The summed E-state index contributed by atoms with van der Waals surface area (Å²) in [7, 11) is 4.36. The van der Waals surface area contributed by atoms with Gasteiger partial charge in [-0.3, -0.25) is 14.4 Å². The van der Waals surface area contributed by atoms with Gasteiger partial charge >= 0.3 is 0 Å². The van der Waals surface area contributed by atoms with Crippen LogP contribution in [0.2, 0.25) is 0 Å². The van der Waals surface area contributed by atoms with E-state index in [9.17, 15) is 29.7 Å². The molecule has 0 heterocycles. The third-order valence-electron chi connectivity index (χ3n) is 11.8. The van der Waals surface area contributed by atoms with Crippen molar-refractivity contribution in [2.45, 2.75) is 95.4 Å². The minimum atomic E-state index is -0.857. The summed E-state index contributed by atoms with van der Waals surface area (Å²) in [5.41, 5.74) is 2.37. The van der Waals surface area contributed by atoms with Crippen LogP contribution >= 0.6 is 0 Å². The van der Waals surface area contributed by atoms with Gasteiger partial charge in [0.25, 0.3) is 0 Å². The first kappa shape index (κ1) is 34.2. The second kappa shape index (κ2) is 12.7. The van der Waals surface area contributed by atoms with E-state index in [1.165, 1.54) is 40.4 Å². The van der Waals surface area contributed by atoms with Crippen molar-refractivity contribution in [2.75, 3.05) is 32.0 Å². The lowest BCUT2D eigenvalue weighted by atomic mass is 9.80. The quantitative estimate of drug-likeness (QED) is 0.0929. The number of hydrogen-bond donors (Lipinski definition) is 5. The van der Waals surface area contributed by atoms with Gasteiger partial charge in [-0.05, 0) is 70.6 Å². The van der Waals surface area contributed by atoms with Gasteiger partial charge in [0.1, 0.15) is 17.3 Å². The van der Waals surface area contributed by atoms with Crippen LogP contribution in [0.4, 0.5) is 11.4 Å². The number of carbonyl (C=O) groups is 1. The Kier molecular flexibility index (Phi) is 8.34. The highest BCUT2D eigenvalue weighted by Gasteiger charge is 2.38. The van der Waals surface area contributed by atoms with Crippen LogP contribution in [0.5, 0.6) is 23.0 Å². The highest BCUT2D eigenvalue weighted by Crippen LogP contribution is 2.58. The number of rotatable bonds is 8. The number of phenols is 1. The fourth-order valence-electron chi connectivity index (χ4n) is 9.43. The molecule has 5 aromatic carbocycles. The van der Waals surface area contributed by atoms with Crippen LogP contribution in [0.1, 0.15) is 82.3 Å². The zero-order valence-electron chi connectivity index (χ0n) is 30.1. The van der Waals surface area contributed by atoms with Crippen molar-refractivity contribution in [3.8, 4) is 23.0 Å². The van der Waals surface area contributed by atoms with Crippen LogP contribution in [-0.4, -0.2) is 66.7 Å². The molecule has 2 fully saturated rings. The zero-order chi connectivity index (χ0) is 36.7. The minimum absolute atomic E-state index is 0.0185. The molecule has 3 aliphatic rings. The number of hydrogen-bond acceptors (Lipinski definition) is 11. The molecule has 0 aliphatic heterocycles. The lowest BCUT2D eigenvalue weighted by Gasteiger charge is -2.33. The van der Waals surface area contributed by atoms with Crippen LogP contribution in [-0.2, 0) is 4.79 Å². The van der Waals surface area contributed by atoms with E-state index in [0.717, 1.165) is 5.56 Å². The standard InChI is InChI=1S/C41H44N2O9/c1-17-14-23-29-34-30(39(43-20-8-12-22(46)13-9-20)38(23)42-19-6-10-21(45)11-7-19)24(47)15-26(50-3)32(34)33-27(51-4)16-25(48)31-36(33)35(29)37(28(17)18(2)44)41(52-5)40(31)49/h14-16,19-22,28,42-43,45-46,49H,6-13H2,1-5H3. The Bertz CT molecular complexity index is 2420. The molecule has 1 atom stereocenters. The Morgan fingerprint density at radius 1 is 0.673 bits per heavy atom. The molecule has 0 spiro atoms. The van der Waals surface area contributed by atoms with E-state index < -0.39 is 11.3 Å². The summed E-state index contributed by atoms with van der Waals surface area (Å²) in [5.74, 6) is -0.872. The number of ketones is 1. The van der Waals surface area contributed by atoms with Gasteiger partial charge in [0.05, 0.1) is 61.6 Å². The van der Waals surface area contributed by atoms with E-state index in [-0.39, 0.29) is 63.9 Å². The number of carbonyl (C=O) groups excluding carboxylic acids is 1. The lowest BCUT2D eigenvalue weighted by molar-refractivity contribution is -0.117. The monoisotopic (exact) mass is 708 g/mol. The molecule has 0 saturated heterocycles. The first-order chi connectivity index (χ1) is 25.0. The molecule has 52 heavy (non-hydrogen) atoms. The highest BCUT2D eigenvalue weighted by molar-refractivity contribution is 6.40. The topological polar surface area (TPSA) is 164 Å². The summed E-state index contributed by atoms with van der Waals surface area (Å²) in [4.78, 5) is 42.4. The van der Waals surface area contributed by atoms with Gasteiger partial charge in [-0.25, -0.2) is 0 Å². The number of aromatic hydroxyl groups is 1. The van der Waals surface area contributed by atoms with Crippen LogP contribution in [0.25, 0.3) is 49.2 Å². The predicted octanol–water partition coefficient (Wildman–Crippen LogP) is 6.15. The van der Waals surface area contributed by atoms with Crippen LogP contribution < -0.4 is 35.7 Å². The Balaban J connectivity index is 1.66. The summed E-state index contributed by atoms with van der Waals surface area (Å²) in [6, 6.07) is 2.73. The number of ether oxygens (including phenoxy) is 3. The first-order valence-corrected chi connectivity index (χ1v) is 18.1. The Morgan fingerprint density at radius 2 is 1.17 bits per heavy atom. The maximum Gasteiger partial charge on any atom is 0.194 e. The van der Waals surface area contributed by atoms with Crippen LogP contribution in [0.15, 0.2) is 27.3 Å². The van der Waals surface area contributed by atoms with Crippen molar-refractivity contribution in [1.82, 2.24) is 0 Å². The molecule has 0 aromatic heterocycles.